The first-order chi connectivity index (χ1) is 8.63. The third-order valence-corrected chi connectivity index (χ3v) is 3.29. The smallest absolute Gasteiger partial charge is 0.295 e. The van der Waals surface area contributed by atoms with Gasteiger partial charge in [-0.05, 0) is 34.3 Å². The molecule has 0 saturated heterocycles. The number of nitrogens with one attached hydrogen (secondary N) is 2. The number of benzene rings is 1. The number of nitrogens with zero attached hydrogens (tertiary/aromatic N) is 1. The molecular weight excluding hydrogens is 269 g/mol. The summed E-state index contributed by atoms with van der Waals surface area (Å²) in [6, 6.07) is 9.65. The van der Waals surface area contributed by atoms with E-state index in [-0.39, 0.29) is 0 Å². The minimum atomic E-state index is 0.474. The predicted octanol–water partition coefficient (Wildman–Crippen LogP) is 3.66. The summed E-state index contributed by atoms with van der Waals surface area (Å²) in [4.78, 5) is 10.6. The van der Waals surface area contributed by atoms with E-state index >= 15 is 0 Å². The maximum Gasteiger partial charge on any atom is 0.295 e. The zero-order chi connectivity index (χ0) is 12.7. The summed E-state index contributed by atoms with van der Waals surface area (Å²) in [5.41, 5.74) is 3.79. The molecule has 2 aromatic heterocycles. The van der Waals surface area contributed by atoms with Crippen LogP contribution in [0.1, 0.15) is 5.82 Å². The van der Waals surface area contributed by atoms with Crippen LogP contribution < -0.4 is 4.98 Å². The molecule has 5 heteroatoms. The van der Waals surface area contributed by atoms with E-state index in [2.05, 4.69) is 15.0 Å². The zero-order valence-electron chi connectivity index (χ0n) is 9.59. The minimum absolute atomic E-state index is 0.474. The van der Waals surface area contributed by atoms with Crippen LogP contribution in [0.2, 0.25) is 10.2 Å². The van der Waals surface area contributed by atoms with E-state index in [1.165, 1.54) is 0 Å². The van der Waals surface area contributed by atoms with Gasteiger partial charge < -0.3 is 4.98 Å². The van der Waals surface area contributed by atoms with Crippen molar-refractivity contribution in [3.63, 3.8) is 0 Å². The SMILES string of the molecule is Cc1nc(Cl)c2[nH]c(-c3ccc(Cl)cc3)cc2[nH+]1. The highest BCUT2D eigenvalue weighted by atomic mass is 35.5. The Bertz CT molecular complexity index is 717. The van der Waals surface area contributed by atoms with E-state index in [0.717, 1.165) is 33.1 Å². The molecule has 18 heavy (non-hydrogen) atoms. The van der Waals surface area contributed by atoms with Crippen LogP contribution in [0.4, 0.5) is 0 Å². The van der Waals surface area contributed by atoms with Crippen LogP contribution in [0.3, 0.4) is 0 Å². The summed E-state index contributed by atoms with van der Waals surface area (Å²) in [5.74, 6) is 0.786. The Morgan fingerprint density at radius 1 is 1.17 bits per heavy atom. The lowest BCUT2D eigenvalue weighted by Gasteiger charge is -1.96. The summed E-state index contributed by atoms with van der Waals surface area (Å²) in [6.45, 7) is 1.88. The molecule has 0 unspecified atom stereocenters. The van der Waals surface area contributed by atoms with Gasteiger partial charge in [-0.3, -0.25) is 0 Å². The van der Waals surface area contributed by atoms with Gasteiger partial charge in [0.1, 0.15) is 0 Å². The molecule has 3 aromatic rings. The molecule has 2 N–H and O–H groups in total. The standard InChI is InChI=1S/C13H9Cl2N3/c1-7-16-11-6-10(18-12(11)13(15)17-7)8-2-4-9(14)5-3-8/h2-6,18H,1H3/p+1. The van der Waals surface area contributed by atoms with Gasteiger partial charge in [0.2, 0.25) is 0 Å². The van der Waals surface area contributed by atoms with Crippen molar-refractivity contribution in [2.24, 2.45) is 0 Å². The van der Waals surface area contributed by atoms with Crippen LogP contribution in [0, 0.1) is 6.92 Å². The number of hydrogen-bond acceptors (Lipinski definition) is 1. The van der Waals surface area contributed by atoms with Gasteiger partial charge >= 0.3 is 0 Å². The third-order valence-electron chi connectivity index (χ3n) is 2.76. The van der Waals surface area contributed by atoms with Crippen molar-refractivity contribution in [1.82, 2.24) is 9.97 Å². The number of hydrogen-bond donors (Lipinski definition) is 1. The number of aromatic amines is 2. The Morgan fingerprint density at radius 2 is 1.89 bits per heavy atom. The van der Waals surface area contributed by atoms with Crippen molar-refractivity contribution >= 4 is 34.2 Å². The van der Waals surface area contributed by atoms with Gasteiger partial charge in [-0.25, -0.2) is 4.98 Å². The highest BCUT2D eigenvalue weighted by Gasteiger charge is 2.14. The van der Waals surface area contributed by atoms with Gasteiger partial charge in [-0.2, -0.15) is 0 Å². The second kappa shape index (κ2) is 4.26. The van der Waals surface area contributed by atoms with Crippen LogP contribution in [0.15, 0.2) is 30.3 Å². The first-order valence-corrected chi connectivity index (χ1v) is 6.23. The van der Waals surface area contributed by atoms with Gasteiger partial charge in [0.25, 0.3) is 11.0 Å². The number of H-pyrrole nitrogens is 2. The minimum Gasteiger partial charge on any atom is -0.347 e. The van der Waals surface area contributed by atoms with Crippen molar-refractivity contribution in [2.75, 3.05) is 0 Å². The Hall–Kier alpha value is -1.58. The van der Waals surface area contributed by atoms with Crippen molar-refractivity contribution < 1.29 is 4.98 Å². The molecule has 0 saturated carbocycles. The molecule has 0 aliphatic carbocycles. The summed E-state index contributed by atoms with van der Waals surface area (Å²) < 4.78 is 0. The lowest BCUT2D eigenvalue weighted by Crippen LogP contribution is -2.10. The Morgan fingerprint density at radius 3 is 2.61 bits per heavy atom. The van der Waals surface area contributed by atoms with E-state index in [1.54, 1.807) is 0 Å². The van der Waals surface area contributed by atoms with Crippen molar-refractivity contribution in [1.29, 1.82) is 0 Å². The van der Waals surface area contributed by atoms with E-state index in [9.17, 15) is 0 Å². The number of aromatic nitrogens is 3. The third kappa shape index (κ3) is 1.96. The van der Waals surface area contributed by atoms with Crippen molar-refractivity contribution in [3.8, 4) is 11.3 Å². The van der Waals surface area contributed by atoms with Gasteiger partial charge in [0, 0.05) is 18.0 Å². The van der Waals surface area contributed by atoms with Gasteiger partial charge in [-0.15, -0.1) is 0 Å². The van der Waals surface area contributed by atoms with Crippen LogP contribution in [-0.2, 0) is 0 Å². The van der Waals surface area contributed by atoms with Crippen molar-refractivity contribution in [3.05, 3.63) is 46.3 Å². The monoisotopic (exact) mass is 278 g/mol. The molecule has 0 amide bonds. The molecule has 0 spiro atoms. The van der Waals surface area contributed by atoms with Gasteiger partial charge in [0.15, 0.2) is 11.0 Å². The fourth-order valence-electron chi connectivity index (χ4n) is 1.93. The number of fused-ring (bicyclic) bond motifs is 1. The first-order valence-electron chi connectivity index (χ1n) is 5.47. The lowest BCUT2D eigenvalue weighted by atomic mass is 10.2. The topological polar surface area (TPSA) is 42.8 Å². The van der Waals surface area contributed by atoms with Gasteiger partial charge in [-0.1, -0.05) is 23.7 Å². The molecule has 0 radical (unpaired) electrons. The Labute approximate surface area is 114 Å². The largest absolute Gasteiger partial charge is 0.347 e. The Balaban J connectivity index is 2.19. The number of halogens is 2. The molecule has 3 nitrogen and oxygen atoms in total. The zero-order valence-corrected chi connectivity index (χ0v) is 11.1. The molecule has 0 fully saturated rings. The fraction of sp³-hybridized carbons (Fsp3) is 0.0769. The predicted molar refractivity (Wildman–Crippen MR) is 72.8 cm³/mol. The van der Waals surface area contributed by atoms with E-state index in [4.69, 9.17) is 23.2 Å². The quantitative estimate of drug-likeness (QED) is 0.679. The molecule has 3 rings (SSSR count). The van der Waals surface area contributed by atoms with Crippen LogP contribution in [-0.4, -0.2) is 9.97 Å². The van der Waals surface area contributed by atoms with Gasteiger partial charge in [0.05, 0.1) is 5.69 Å². The number of rotatable bonds is 1. The van der Waals surface area contributed by atoms with E-state index in [1.807, 2.05) is 37.3 Å². The second-order valence-electron chi connectivity index (χ2n) is 4.09. The maximum atomic E-state index is 6.10. The second-order valence-corrected chi connectivity index (χ2v) is 4.89. The van der Waals surface area contributed by atoms with E-state index < -0.39 is 0 Å². The van der Waals surface area contributed by atoms with Crippen LogP contribution in [0.5, 0.6) is 0 Å². The normalized spacial score (nSPS) is 11.1. The molecule has 1 aromatic carbocycles. The average molecular weight is 279 g/mol. The van der Waals surface area contributed by atoms with Crippen LogP contribution in [0.25, 0.3) is 22.3 Å². The average Bonchev–Trinajstić information content (AvgIpc) is 2.74. The molecule has 2 heterocycles. The van der Waals surface area contributed by atoms with Crippen molar-refractivity contribution in [2.45, 2.75) is 6.92 Å². The summed E-state index contributed by atoms with van der Waals surface area (Å²) in [5, 5.41) is 1.19. The summed E-state index contributed by atoms with van der Waals surface area (Å²) >= 11 is 12.0. The fourth-order valence-corrected chi connectivity index (χ4v) is 2.33. The maximum absolute atomic E-state index is 6.10. The number of aryl methyl sites for hydroxylation is 1. The molecular formula is C13H10Cl2N3+. The lowest BCUT2D eigenvalue weighted by molar-refractivity contribution is -0.359. The molecule has 0 atom stereocenters. The highest BCUT2D eigenvalue weighted by Crippen LogP contribution is 2.26. The van der Waals surface area contributed by atoms with E-state index in [0.29, 0.717) is 5.15 Å². The Kier molecular flexibility index (Phi) is 2.73. The highest BCUT2D eigenvalue weighted by molar-refractivity contribution is 6.33. The summed E-state index contributed by atoms with van der Waals surface area (Å²) in [7, 11) is 0. The molecule has 0 aliphatic rings. The molecule has 0 aliphatic heterocycles. The summed E-state index contributed by atoms with van der Waals surface area (Å²) in [6.07, 6.45) is 0. The van der Waals surface area contributed by atoms with Crippen LogP contribution >= 0.6 is 23.2 Å². The first kappa shape index (κ1) is 11.5. The molecule has 0 bridgehead atoms. The molecule has 90 valence electrons.